The molecule has 2 N–H and O–H groups in total. The maximum Gasteiger partial charge on any atom is 0.328 e. The zero-order valence-electron chi connectivity index (χ0n) is 13.5. The highest BCUT2D eigenvalue weighted by atomic mass is 16.5. The minimum absolute atomic E-state index is 0.263. The van der Waals surface area contributed by atoms with Gasteiger partial charge >= 0.3 is 12.0 Å². The largest absolute Gasteiger partial charge is 0.496 e. The predicted molar refractivity (Wildman–Crippen MR) is 83.6 cm³/mol. The minimum Gasteiger partial charge on any atom is -0.496 e. The average molecular weight is 308 g/mol. The molecule has 0 bridgehead atoms. The Morgan fingerprint density at radius 2 is 1.86 bits per heavy atom. The lowest BCUT2D eigenvalue weighted by Gasteiger charge is -2.19. The van der Waals surface area contributed by atoms with Crippen LogP contribution in [0.25, 0.3) is 0 Å². The van der Waals surface area contributed by atoms with E-state index in [-0.39, 0.29) is 5.92 Å². The summed E-state index contributed by atoms with van der Waals surface area (Å²) in [6, 6.07) is 6.35. The van der Waals surface area contributed by atoms with Crippen LogP contribution in [0.1, 0.15) is 25.8 Å². The van der Waals surface area contributed by atoms with Gasteiger partial charge in [-0.15, -0.1) is 0 Å². The van der Waals surface area contributed by atoms with Crippen LogP contribution in [0.2, 0.25) is 0 Å². The number of rotatable bonds is 7. The molecule has 0 aliphatic heterocycles. The Balaban J connectivity index is 2.58. The van der Waals surface area contributed by atoms with Crippen molar-refractivity contribution >= 4 is 12.0 Å². The van der Waals surface area contributed by atoms with Crippen molar-refractivity contribution in [3.63, 3.8) is 0 Å². The van der Waals surface area contributed by atoms with E-state index in [1.807, 2.05) is 38.1 Å². The van der Waals surface area contributed by atoms with E-state index in [1.165, 1.54) is 7.11 Å². The molecule has 0 aliphatic carbocycles. The molecule has 1 aromatic rings. The number of carbonyl (C=O) groups excluding carboxylic acids is 2. The number of amides is 2. The molecule has 0 saturated heterocycles. The molecule has 0 heterocycles. The Bertz CT molecular complexity index is 503. The van der Waals surface area contributed by atoms with Gasteiger partial charge in [0.25, 0.3) is 0 Å². The first-order chi connectivity index (χ1) is 10.5. The Kier molecular flexibility index (Phi) is 7.22. The minimum atomic E-state index is -0.650. The van der Waals surface area contributed by atoms with E-state index in [0.717, 1.165) is 5.56 Å². The zero-order chi connectivity index (χ0) is 16.5. The van der Waals surface area contributed by atoms with Crippen LogP contribution in [0.15, 0.2) is 24.3 Å². The van der Waals surface area contributed by atoms with Gasteiger partial charge in [-0.25, -0.2) is 9.59 Å². The zero-order valence-corrected chi connectivity index (χ0v) is 13.5. The van der Waals surface area contributed by atoms with Crippen molar-refractivity contribution < 1.29 is 19.1 Å². The summed E-state index contributed by atoms with van der Waals surface area (Å²) in [6.07, 6.45) is 0.523. The maximum absolute atomic E-state index is 12.0. The van der Waals surface area contributed by atoms with E-state index < -0.39 is 18.0 Å². The molecule has 1 aromatic carbocycles. The number of benzene rings is 1. The molecule has 6 heteroatoms. The first-order valence-electron chi connectivity index (χ1n) is 7.22. The van der Waals surface area contributed by atoms with E-state index in [4.69, 9.17) is 9.47 Å². The molecule has 2 amide bonds. The van der Waals surface area contributed by atoms with Crippen LogP contribution >= 0.6 is 0 Å². The highest BCUT2D eigenvalue weighted by Gasteiger charge is 2.22. The average Bonchev–Trinajstić information content (AvgIpc) is 2.51. The van der Waals surface area contributed by atoms with Crippen LogP contribution < -0.4 is 15.4 Å². The van der Waals surface area contributed by atoms with Crippen LogP contribution in [0.5, 0.6) is 5.75 Å². The van der Waals surface area contributed by atoms with E-state index >= 15 is 0 Å². The molecule has 0 radical (unpaired) electrons. The molecule has 22 heavy (non-hydrogen) atoms. The lowest BCUT2D eigenvalue weighted by molar-refractivity contribution is -0.143. The number of nitrogens with one attached hydrogen (secondary N) is 2. The predicted octanol–water partition coefficient (Wildman–Crippen LogP) is 2.08. The molecule has 122 valence electrons. The molecular formula is C16H24N2O4. The second-order valence-electron chi connectivity index (χ2n) is 5.34. The van der Waals surface area contributed by atoms with Crippen LogP contribution in [-0.4, -0.2) is 32.3 Å². The lowest BCUT2D eigenvalue weighted by Crippen LogP contribution is -2.46. The highest BCUT2D eigenvalue weighted by molar-refractivity contribution is 5.83. The number of esters is 1. The summed E-state index contributed by atoms with van der Waals surface area (Å²) in [5, 5.41) is 5.36. The number of para-hydroxylation sites is 1. The highest BCUT2D eigenvalue weighted by Crippen LogP contribution is 2.16. The van der Waals surface area contributed by atoms with Crippen LogP contribution in [0.3, 0.4) is 0 Å². The van der Waals surface area contributed by atoms with Crippen molar-refractivity contribution in [1.82, 2.24) is 10.6 Å². The number of carbonyl (C=O) groups is 2. The molecule has 0 aliphatic rings. The van der Waals surface area contributed by atoms with Gasteiger partial charge in [0.15, 0.2) is 0 Å². The number of hydrogen-bond donors (Lipinski definition) is 2. The smallest absolute Gasteiger partial charge is 0.328 e. The SMILES string of the molecule is COC(=O)[C@@H](CC(C)C)NC(=O)NCc1ccccc1OC. The second kappa shape index (κ2) is 8.92. The summed E-state index contributed by atoms with van der Waals surface area (Å²) >= 11 is 0. The van der Waals surface area contributed by atoms with Crippen molar-refractivity contribution in [3.8, 4) is 5.75 Å². The molecule has 1 rings (SSSR count). The normalized spacial score (nSPS) is 11.7. The molecule has 0 saturated carbocycles. The number of urea groups is 1. The summed E-state index contributed by atoms with van der Waals surface area (Å²) in [7, 11) is 2.89. The van der Waals surface area contributed by atoms with Gasteiger partial charge in [0.2, 0.25) is 0 Å². The van der Waals surface area contributed by atoms with Crippen LogP contribution in [-0.2, 0) is 16.1 Å². The Hall–Kier alpha value is -2.24. The Labute approximate surface area is 131 Å². The van der Waals surface area contributed by atoms with Gasteiger partial charge < -0.3 is 20.1 Å². The summed E-state index contributed by atoms with van der Waals surface area (Å²) in [6.45, 7) is 4.26. The summed E-state index contributed by atoms with van der Waals surface area (Å²) < 4.78 is 9.93. The molecule has 1 atom stereocenters. The topological polar surface area (TPSA) is 76.7 Å². The summed E-state index contributed by atoms with van der Waals surface area (Å²) in [5.41, 5.74) is 0.860. The monoisotopic (exact) mass is 308 g/mol. The fourth-order valence-electron chi connectivity index (χ4n) is 2.06. The van der Waals surface area contributed by atoms with Crippen molar-refractivity contribution in [2.75, 3.05) is 14.2 Å². The van der Waals surface area contributed by atoms with E-state index in [1.54, 1.807) is 7.11 Å². The van der Waals surface area contributed by atoms with Crippen molar-refractivity contribution in [2.45, 2.75) is 32.9 Å². The van der Waals surface area contributed by atoms with Gasteiger partial charge in [-0.1, -0.05) is 32.0 Å². The van der Waals surface area contributed by atoms with E-state index in [2.05, 4.69) is 10.6 Å². The van der Waals surface area contributed by atoms with Crippen LogP contribution in [0, 0.1) is 5.92 Å². The molecular weight excluding hydrogens is 284 g/mol. The number of ether oxygens (including phenoxy) is 2. The van der Waals surface area contributed by atoms with Gasteiger partial charge in [-0.05, 0) is 18.4 Å². The third kappa shape index (κ3) is 5.63. The summed E-state index contributed by atoms with van der Waals surface area (Å²) in [5.74, 6) is 0.522. The van der Waals surface area contributed by atoms with E-state index in [9.17, 15) is 9.59 Å². The van der Waals surface area contributed by atoms with Gasteiger partial charge in [0, 0.05) is 12.1 Å². The molecule has 0 fully saturated rings. The molecule has 6 nitrogen and oxygen atoms in total. The fraction of sp³-hybridized carbons (Fsp3) is 0.500. The third-order valence-electron chi connectivity index (χ3n) is 3.13. The van der Waals surface area contributed by atoms with Gasteiger partial charge in [-0.3, -0.25) is 0 Å². The summed E-state index contributed by atoms with van der Waals surface area (Å²) in [4.78, 5) is 23.6. The van der Waals surface area contributed by atoms with Crippen molar-refractivity contribution in [3.05, 3.63) is 29.8 Å². The lowest BCUT2D eigenvalue weighted by atomic mass is 10.0. The fourth-order valence-corrected chi connectivity index (χ4v) is 2.06. The Morgan fingerprint density at radius 1 is 1.18 bits per heavy atom. The third-order valence-corrected chi connectivity index (χ3v) is 3.13. The molecule has 0 spiro atoms. The maximum atomic E-state index is 12.0. The first kappa shape index (κ1) is 17.8. The van der Waals surface area contributed by atoms with Crippen LogP contribution in [0.4, 0.5) is 4.79 Å². The van der Waals surface area contributed by atoms with Gasteiger partial charge in [-0.2, -0.15) is 0 Å². The Morgan fingerprint density at radius 3 is 2.45 bits per heavy atom. The number of hydrogen-bond acceptors (Lipinski definition) is 4. The quantitative estimate of drug-likeness (QED) is 0.756. The molecule has 0 unspecified atom stereocenters. The second-order valence-corrected chi connectivity index (χ2v) is 5.34. The number of methoxy groups -OCH3 is 2. The van der Waals surface area contributed by atoms with Gasteiger partial charge in [0.05, 0.1) is 14.2 Å². The molecule has 0 aromatic heterocycles. The first-order valence-corrected chi connectivity index (χ1v) is 7.22. The van der Waals surface area contributed by atoms with Crippen molar-refractivity contribution in [1.29, 1.82) is 0 Å². The van der Waals surface area contributed by atoms with E-state index in [0.29, 0.717) is 18.7 Å². The van der Waals surface area contributed by atoms with Gasteiger partial charge in [0.1, 0.15) is 11.8 Å². The standard InChI is InChI=1S/C16H24N2O4/c1-11(2)9-13(15(19)22-4)18-16(20)17-10-12-7-5-6-8-14(12)21-3/h5-8,11,13H,9-10H2,1-4H3,(H2,17,18,20)/t13-/m1/s1. The van der Waals surface area contributed by atoms with Crippen molar-refractivity contribution in [2.24, 2.45) is 5.92 Å².